The summed E-state index contributed by atoms with van der Waals surface area (Å²) in [6, 6.07) is 5.65. The largest absolute Gasteiger partial charge is 0.293 e. The number of rotatable bonds is 2. The molecule has 3 rings (SSSR count). The molecule has 0 radical (unpaired) electrons. The van der Waals surface area contributed by atoms with Crippen molar-refractivity contribution < 1.29 is 8.78 Å². The molecule has 0 amide bonds. The van der Waals surface area contributed by atoms with Crippen molar-refractivity contribution in [3.8, 4) is 0 Å². The van der Waals surface area contributed by atoms with Crippen LogP contribution < -0.4 is 5.56 Å². The Morgan fingerprint density at radius 1 is 1.26 bits per heavy atom. The van der Waals surface area contributed by atoms with E-state index in [4.69, 9.17) is 0 Å². The summed E-state index contributed by atoms with van der Waals surface area (Å²) in [5.41, 5.74) is 0.495. The molecule has 0 spiro atoms. The molecule has 3 aromatic rings. The van der Waals surface area contributed by atoms with Crippen LogP contribution in [0, 0.1) is 11.6 Å². The Labute approximate surface area is 110 Å². The summed E-state index contributed by atoms with van der Waals surface area (Å²) in [5, 5.41) is 1.77. The van der Waals surface area contributed by atoms with Crippen LogP contribution in [0.1, 0.15) is 5.56 Å². The molecular formula is C13H8F2N2OS. The quantitative estimate of drug-likeness (QED) is 0.722. The average molecular weight is 278 g/mol. The smallest absolute Gasteiger partial charge is 0.271 e. The van der Waals surface area contributed by atoms with E-state index in [9.17, 15) is 13.6 Å². The molecule has 0 saturated heterocycles. The Kier molecular flexibility index (Phi) is 2.87. The fourth-order valence-electron chi connectivity index (χ4n) is 1.85. The molecule has 0 aliphatic carbocycles. The average Bonchev–Trinajstić information content (AvgIpc) is 2.87. The minimum Gasteiger partial charge on any atom is -0.293 e. The molecule has 0 atom stereocenters. The highest BCUT2D eigenvalue weighted by Crippen LogP contribution is 2.15. The van der Waals surface area contributed by atoms with Gasteiger partial charge in [-0.3, -0.25) is 9.36 Å². The number of fused-ring (bicyclic) bond motifs is 1. The van der Waals surface area contributed by atoms with E-state index in [1.165, 1.54) is 34.4 Å². The molecular weight excluding hydrogens is 270 g/mol. The summed E-state index contributed by atoms with van der Waals surface area (Å²) < 4.78 is 28.5. The van der Waals surface area contributed by atoms with E-state index in [0.29, 0.717) is 10.2 Å². The zero-order valence-corrected chi connectivity index (χ0v) is 10.5. The lowest BCUT2D eigenvalue weighted by atomic mass is 10.2. The predicted octanol–water partition coefficient (Wildman–Crippen LogP) is 2.78. The van der Waals surface area contributed by atoms with E-state index in [0.717, 1.165) is 6.07 Å². The van der Waals surface area contributed by atoms with Gasteiger partial charge in [0.1, 0.15) is 4.70 Å². The summed E-state index contributed by atoms with van der Waals surface area (Å²) in [6.45, 7) is -0.0384. The monoisotopic (exact) mass is 278 g/mol. The SMILES string of the molecule is O=c1c2sccc2ncn1Cc1cccc(F)c1F. The van der Waals surface area contributed by atoms with Crippen molar-refractivity contribution in [1.82, 2.24) is 9.55 Å². The Balaban J connectivity index is 2.08. The lowest BCUT2D eigenvalue weighted by Crippen LogP contribution is -2.20. The van der Waals surface area contributed by atoms with Gasteiger partial charge in [0.2, 0.25) is 0 Å². The van der Waals surface area contributed by atoms with E-state index < -0.39 is 11.6 Å². The Bertz CT molecular complexity index is 810. The number of aromatic nitrogens is 2. The third kappa shape index (κ3) is 2.04. The molecule has 0 saturated carbocycles. The minimum absolute atomic E-state index is 0.0384. The maximum Gasteiger partial charge on any atom is 0.271 e. The first kappa shape index (κ1) is 12.0. The highest BCUT2D eigenvalue weighted by Gasteiger charge is 2.10. The highest BCUT2D eigenvalue weighted by atomic mass is 32.1. The fraction of sp³-hybridized carbons (Fsp3) is 0.0769. The van der Waals surface area contributed by atoms with Crippen LogP contribution in [0.25, 0.3) is 10.2 Å². The third-order valence-electron chi connectivity index (χ3n) is 2.81. The maximum atomic E-state index is 13.6. The molecule has 3 nitrogen and oxygen atoms in total. The topological polar surface area (TPSA) is 34.9 Å². The van der Waals surface area contributed by atoms with E-state index in [-0.39, 0.29) is 17.7 Å². The fourth-order valence-corrected chi connectivity index (χ4v) is 2.64. The van der Waals surface area contributed by atoms with Crippen LogP contribution in [0.3, 0.4) is 0 Å². The van der Waals surface area contributed by atoms with Gasteiger partial charge in [-0.1, -0.05) is 12.1 Å². The number of thiophene rings is 1. The molecule has 0 N–H and O–H groups in total. The van der Waals surface area contributed by atoms with Gasteiger partial charge in [0.05, 0.1) is 18.4 Å². The summed E-state index contributed by atoms with van der Waals surface area (Å²) in [6.07, 6.45) is 1.35. The second-order valence-corrected chi connectivity index (χ2v) is 4.94. The zero-order chi connectivity index (χ0) is 13.4. The van der Waals surface area contributed by atoms with Crippen molar-refractivity contribution >= 4 is 21.6 Å². The maximum absolute atomic E-state index is 13.6. The van der Waals surface area contributed by atoms with Gasteiger partial charge in [0, 0.05) is 5.56 Å². The van der Waals surface area contributed by atoms with E-state index in [2.05, 4.69) is 4.98 Å². The number of benzene rings is 1. The summed E-state index contributed by atoms with van der Waals surface area (Å²) >= 11 is 1.28. The van der Waals surface area contributed by atoms with E-state index >= 15 is 0 Å². The van der Waals surface area contributed by atoms with Crippen molar-refractivity contribution in [1.29, 1.82) is 0 Å². The van der Waals surface area contributed by atoms with Gasteiger partial charge in [0.25, 0.3) is 5.56 Å². The van der Waals surface area contributed by atoms with Gasteiger partial charge >= 0.3 is 0 Å². The van der Waals surface area contributed by atoms with Gasteiger partial charge in [0.15, 0.2) is 11.6 Å². The van der Waals surface area contributed by atoms with Crippen molar-refractivity contribution in [3.05, 3.63) is 63.5 Å². The van der Waals surface area contributed by atoms with Crippen LogP contribution in [0.5, 0.6) is 0 Å². The van der Waals surface area contributed by atoms with E-state index in [1.54, 1.807) is 11.4 Å². The molecule has 0 unspecified atom stereocenters. The van der Waals surface area contributed by atoms with E-state index in [1.807, 2.05) is 0 Å². The second kappa shape index (κ2) is 4.55. The van der Waals surface area contributed by atoms with Crippen LogP contribution >= 0.6 is 11.3 Å². The van der Waals surface area contributed by atoms with Gasteiger partial charge < -0.3 is 0 Å². The molecule has 1 aromatic carbocycles. The Morgan fingerprint density at radius 2 is 2.11 bits per heavy atom. The van der Waals surface area contributed by atoms with Crippen LogP contribution in [0.4, 0.5) is 8.78 Å². The number of halogens is 2. The molecule has 0 fully saturated rings. The number of hydrogen-bond acceptors (Lipinski definition) is 3. The van der Waals surface area contributed by atoms with Crippen LogP contribution in [0.15, 0.2) is 40.8 Å². The van der Waals surface area contributed by atoms with Crippen LogP contribution in [-0.4, -0.2) is 9.55 Å². The van der Waals surface area contributed by atoms with Crippen molar-refractivity contribution in [3.63, 3.8) is 0 Å². The molecule has 2 heterocycles. The first-order valence-electron chi connectivity index (χ1n) is 5.52. The first-order chi connectivity index (χ1) is 9.16. The molecule has 0 aliphatic heterocycles. The lowest BCUT2D eigenvalue weighted by Gasteiger charge is -2.06. The number of hydrogen-bond donors (Lipinski definition) is 0. The molecule has 0 aliphatic rings. The first-order valence-corrected chi connectivity index (χ1v) is 6.40. The second-order valence-electron chi connectivity index (χ2n) is 4.03. The predicted molar refractivity (Wildman–Crippen MR) is 69.3 cm³/mol. The molecule has 96 valence electrons. The van der Waals surface area contributed by atoms with Crippen molar-refractivity contribution in [2.45, 2.75) is 6.54 Å². The summed E-state index contributed by atoms with van der Waals surface area (Å²) in [7, 11) is 0. The molecule has 19 heavy (non-hydrogen) atoms. The van der Waals surface area contributed by atoms with Gasteiger partial charge in [-0.25, -0.2) is 13.8 Å². The lowest BCUT2D eigenvalue weighted by molar-refractivity contribution is 0.494. The van der Waals surface area contributed by atoms with Crippen LogP contribution in [-0.2, 0) is 6.54 Å². The van der Waals surface area contributed by atoms with Crippen molar-refractivity contribution in [2.75, 3.05) is 0 Å². The molecule has 6 heteroatoms. The van der Waals surface area contributed by atoms with Crippen LogP contribution in [0.2, 0.25) is 0 Å². The number of nitrogens with zero attached hydrogens (tertiary/aromatic N) is 2. The zero-order valence-electron chi connectivity index (χ0n) is 9.64. The molecule has 2 aromatic heterocycles. The van der Waals surface area contributed by atoms with Crippen molar-refractivity contribution in [2.24, 2.45) is 0 Å². The Morgan fingerprint density at radius 3 is 2.95 bits per heavy atom. The standard InChI is InChI=1S/C13H8F2N2OS/c14-9-3-1-2-8(11(9)15)6-17-7-16-10-4-5-19-12(10)13(17)18/h1-5,7H,6H2. The normalized spacial score (nSPS) is 11.1. The van der Waals surface area contributed by atoms with Gasteiger partial charge in [-0.15, -0.1) is 11.3 Å². The third-order valence-corrected chi connectivity index (χ3v) is 3.70. The van der Waals surface area contributed by atoms with Gasteiger partial charge in [-0.05, 0) is 17.5 Å². The minimum atomic E-state index is -0.930. The summed E-state index contributed by atoms with van der Waals surface area (Å²) in [5.74, 6) is -1.85. The Hall–Kier alpha value is -2.08. The molecule has 0 bridgehead atoms. The highest BCUT2D eigenvalue weighted by molar-refractivity contribution is 7.17. The summed E-state index contributed by atoms with van der Waals surface area (Å²) in [4.78, 5) is 16.2. The van der Waals surface area contributed by atoms with Gasteiger partial charge in [-0.2, -0.15) is 0 Å².